The highest BCUT2D eigenvalue weighted by molar-refractivity contribution is 6.30. The number of nitrogens with one attached hydrogen (secondary N) is 1. The number of nitriles is 1. The monoisotopic (exact) mass is 430 g/mol. The van der Waals surface area contributed by atoms with Crippen molar-refractivity contribution in [2.75, 3.05) is 18.4 Å². The molecule has 2 aromatic carbocycles. The normalized spacial score (nSPS) is 20.0. The number of rotatable bonds is 6. The summed E-state index contributed by atoms with van der Waals surface area (Å²) in [5.74, 6) is 1.68. The van der Waals surface area contributed by atoms with E-state index in [-0.39, 0.29) is 6.04 Å². The number of nitrogens with zero attached hydrogens (tertiary/aromatic N) is 3. The minimum atomic E-state index is 0.250. The SMILES string of the molecule is CC(Nc1ccc(C#N)cn1)[C@H]1CCN(Cc2ccccc2)C[C@@H]1c1ccc(Cl)cc1. The van der Waals surface area contributed by atoms with Crippen molar-refractivity contribution in [2.24, 2.45) is 5.92 Å². The smallest absolute Gasteiger partial charge is 0.126 e. The van der Waals surface area contributed by atoms with E-state index in [0.717, 1.165) is 36.9 Å². The van der Waals surface area contributed by atoms with E-state index in [1.807, 2.05) is 18.2 Å². The first kappa shape index (κ1) is 21.4. The molecule has 0 spiro atoms. The molecule has 0 amide bonds. The first-order chi connectivity index (χ1) is 15.1. The number of anilines is 1. The lowest BCUT2D eigenvalue weighted by atomic mass is 9.77. The molecule has 0 aliphatic carbocycles. The van der Waals surface area contributed by atoms with Gasteiger partial charge in [0, 0.05) is 36.3 Å². The number of halogens is 1. The van der Waals surface area contributed by atoms with Gasteiger partial charge in [0.1, 0.15) is 11.9 Å². The van der Waals surface area contributed by atoms with Crippen LogP contribution in [0.15, 0.2) is 72.9 Å². The standard InChI is InChI=1S/C26H27ClN4/c1-19(30-26-12-7-21(15-28)16-29-26)24-13-14-31(17-20-5-3-2-4-6-20)18-25(24)22-8-10-23(27)11-9-22/h2-12,16,19,24-25H,13-14,17-18H2,1H3,(H,29,30)/t19?,24-,25-/m1/s1. The van der Waals surface area contributed by atoms with Gasteiger partial charge in [0.05, 0.1) is 5.56 Å². The van der Waals surface area contributed by atoms with Crippen molar-refractivity contribution in [3.8, 4) is 6.07 Å². The first-order valence-electron chi connectivity index (χ1n) is 10.8. The summed E-state index contributed by atoms with van der Waals surface area (Å²) in [6.45, 7) is 5.28. The van der Waals surface area contributed by atoms with Gasteiger partial charge in [0.2, 0.25) is 0 Å². The predicted octanol–water partition coefficient (Wildman–Crippen LogP) is 5.71. The van der Waals surface area contributed by atoms with E-state index in [1.165, 1.54) is 11.1 Å². The third-order valence-corrected chi connectivity index (χ3v) is 6.46. The number of likely N-dealkylation sites (tertiary alicyclic amines) is 1. The zero-order valence-corrected chi connectivity index (χ0v) is 18.5. The maximum atomic E-state index is 9.00. The number of aromatic nitrogens is 1. The third kappa shape index (κ3) is 5.44. The molecule has 0 bridgehead atoms. The third-order valence-electron chi connectivity index (χ3n) is 6.21. The van der Waals surface area contributed by atoms with Crippen LogP contribution in [0.4, 0.5) is 5.82 Å². The van der Waals surface area contributed by atoms with Crippen molar-refractivity contribution >= 4 is 17.4 Å². The van der Waals surface area contributed by atoms with Crippen molar-refractivity contribution in [1.29, 1.82) is 5.26 Å². The van der Waals surface area contributed by atoms with Crippen LogP contribution in [0, 0.1) is 17.2 Å². The Morgan fingerprint density at radius 3 is 2.58 bits per heavy atom. The van der Waals surface area contributed by atoms with E-state index in [4.69, 9.17) is 16.9 Å². The molecule has 1 aromatic heterocycles. The molecular formula is C26H27ClN4. The van der Waals surface area contributed by atoms with Crippen molar-refractivity contribution < 1.29 is 0 Å². The molecule has 1 fully saturated rings. The van der Waals surface area contributed by atoms with Gasteiger partial charge in [-0.1, -0.05) is 54.1 Å². The van der Waals surface area contributed by atoms with Crippen LogP contribution in [0.5, 0.6) is 0 Å². The highest BCUT2D eigenvalue weighted by Crippen LogP contribution is 2.36. The number of piperidine rings is 1. The quantitative estimate of drug-likeness (QED) is 0.543. The van der Waals surface area contributed by atoms with E-state index >= 15 is 0 Å². The summed E-state index contributed by atoms with van der Waals surface area (Å²) >= 11 is 6.16. The molecule has 1 aliphatic rings. The summed E-state index contributed by atoms with van der Waals surface area (Å²) in [7, 11) is 0. The second-order valence-corrected chi connectivity index (χ2v) is 8.74. The molecular weight excluding hydrogens is 404 g/mol. The van der Waals surface area contributed by atoms with Gasteiger partial charge in [0.15, 0.2) is 0 Å². The van der Waals surface area contributed by atoms with Crippen molar-refractivity contribution in [3.05, 3.63) is 94.6 Å². The molecule has 31 heavy (non-hydrogen) atoms. The average molecular weight is 431 g/mol. The van der Waals surface area contributed by atoms with Crippen LogP contribution in [0.25, 0.3) is 0 Å². The molecule has 0 radical (unpaired) electrons. The maximum Gasteiger partial charge on any atom is 0.126 e. The van der Waals surface area contributed by atoms with Crippen molar-refractivity contribution in [2.45, 2.75) is 31.8 Å². The van der Waals surface area contributed by atoms with Gasteiger partial charge < -0.3 is 5.32 Å². The fourth-order valence-corrected chi connectivity index (χ4v) is 4.70. The fourth-order valence-electron chi connectivity index (χ4n) is 4.57. The second kappa shape index (κ2) is 9.96. The summed E-state index contributed by atoms with van der Waals surface area (Å²) in [4.78, 5) is 6.96. The van der Waals surface area contributed by atoms with Gasteiger partial charge in [-0.05, 0) is 61.2 Å². The van der Waals surface area contributed by atoms with E-state index in [9.17, 15) is 0 Å². The van der Waals surface area contributed by atoms with E-state index < -0.39 is 0 Å². The lowest BCUT2D eigenvalue weighted by Gasteiger charge is -2.42. The minimum absolute atomic E-state index is 0.250. The number of pyridine rings is 1. The van der Waals surface area contributed by atoms with Crippen LogP contribution >= 0.6 is 11.6 Å². The molecule has 1 N–H and O–H groups in total. The van der Waals surface area contributed by atoms with Gasteiger partial charge in [-0.15, -0.1) is 0 Å². The fraction of sp³-hybridized carbons (Fsp3) is 0.308. The predicted molar refractivity (Wildman–Crippen MR) is 126 cm³/mol. The lowest BCUT2D eigenvalue weighted by molar-refractivity contribution is 0.143. The Morgan fingerprint density at radius 2 is 1.90 bits per heavy atom. The summed E-state index contributed by atoms with van der Waals surface area (Å²) in [6.07, 6.45) is 2.72. The van der Waals surface area contributed by atoms with Gasteiger partial charge in [0.25, 0.3) is 0 Å². The Balaban J connectivity index is 1.52. The van der Waals surface area contributed by atoms with Crippen LogP contribution in [0.1, 0.15) is 36.0 Å². The molecule has 1 saturated heterocycles. The molecule has 3 atom stereocenters. The van der Waals surface area contributed by atoms with Gasteiger partial charge >= 0.3 is 0 Å². The zero-order valence-electron chi connectivity index (χ0n) is 17.7. The summed E-state index contributed by atoms with van der Waals surface area (Å²) in [5.41, 5.74) is 3.25. The van der Waals surface area contributed by atoms with Crippen molar-refractivity contribution in [1.82, 2.24) is 9.88 Å². The number of hydrogen-bond acceptors (Lipinski definition) is 4. The maximum absolute atomic E-state index is 9.00. The minimum Gasteiger partial charge on any atom is -0.367 e. The van der Waals surface area contributed by atoms with Crippen LogP contribution in [-0.2, 0) is 6.54 Å². The molecule has 158 valence electrons. The first-order valence-corrected chi connectivity index (χ1v) is 11.1. The van der Waals surface area contributed by atoms with Crippen LogP contribution in [0.3, 0.4) is 0 Å². The molecule has 0 saturated carbocycles. The van der Waals surface area contributed by atoms with E-state index in [2.05, 4.69) is 70.7 Å². The highest BCUT2D eigenvalue weighted by atomic mass is 35.5. The van der Waals surface area contributed by atoms with E-state index in [0.29, 0.717) is 17.4 Å². The summed E-state index contributed by atoms with van der Waals surface area (Å²) < 4.78 is 0. The van der Waals surface area contributed by atoms with Gasteiger partial charge in [-0.25, -0.2) is 4.98 Å². The summed E-state index contributed by atoms with van der Waals surface area (Å²) in [5, 5.41) is 13.3. The largest absolute Gasteiger partial charge is 0.367 e. The Labute approximate surface area is 189 Å². The van der Waals surface area contributed by atoms with Crippen LogP contribution in [0.2, 0.25) is 5.02 Å². The number of benzene rings is 2. The number of hydrogen-bond donors (Lipinski definition) is 1. The topological polar surface area (TPSA) is 52.0 Å². The molecule has 1 aliphatic heterocycles. The van der Waals surface area contributed by atoms with Crippen LogP contribution in [-0.4, -0.2) is 29.0 Å². The Kier molecular flexibility index (Phi) is 6.86. The molecule has 4 nitrogen and oxygen atoms in total. The van der Waals surface area contributed by atoms with Crippen molar-refractivity contribution in [3.63, 3.8) is 0 Å². The van der Waals surface area contributed by atoms with E-state index in [1.54, 1.807) is 12.3 Å². The summed E-state index contributed by atoms with van der Waals surface area (Å²) in [6, 6.07) is 25.1. The highest BCUT2D eigenvalue weighted by Gasteiger charge is 2.34. The second-order valence-electron chi connectivity index (χ2n) is 8.31. The Bertz CT molecular complexity index is 1010. The molecule has 2 heterocycles. The molecule has 5 heteroatoms. The molecule has 4 rings (SSSR count). The van der Waals surface area contributed by atoms with Gasteiger partial charge in [-0.2, -0.15) is 5.26 Å². The zero-order chi connectivity index (χ0) is 21.6. The average Bonchev–Trinajstić information content (AvgIpc) is 2.81. The van der Waals surface area contributed by atoms with Gasteiger partial charge in [-0.3, -0.25) is 4.90 Å². The Morgan fingerprint density at radius 1 is 1.13 bits per heavy atom. The molecule has 1 unspecified atom stereocenters. The molecule has 3 aromatic rings. The Hall–Kier alpha value is -2.87. The van der Waals surface area contributed by atoms with Crippen LogP contribution < -0.4 is 5.32 Å². The lowest BCUT2D eigenvalue weighted by Crippen LogP contribution is -2.44.